The molecular weight excluding hydrogens is 424 g/mol. The molecule has 168 valence electrons. The Labute approximate surface area is 189 Å². The molecule has 0 bridgehead atoms. The van der Waals surface area contributed by atoms with Crippen molar-refractivity contribution >= 4 is 35.1 Å². The Morgan fingerprint density at radius 3 is 2.52 bits per heavy atom. The highest BCUT2D eigenvalue weighted by Gasteiger charge is 2.43. The van der Waals surface area contributed by atoms with Crippen molar-refractivity contribution in [2.75, 3.05) is 10.6 Å². The maximum atomic E-state index is 12.8. The number of rotatable bonds is 7. The van der Waals surface area contributed by atoms with Gasteiger partial charge in [0.2, 0.25) is 5.91 Å². The highest BCUT2D eigenvalue weighted by atomic mass is 16.2. The molecule has 0 saturated carbocycles. The fraction of sp³-hybridized carbons (Fsp3) is 0.174. The Morgan fingerprint density at radius 1 is 1.06 bits per heavy atom. The van der Waals surface area contributed by atoms with Gasteiger partial charge in [0, 0.05) is 42.3 Å². The second-order valence-corrected chi connectivity index (χ2v) is 7.75. The normalized spacial score (nSPS) is 17.2. The minimum absolute atomic E-state index is 0.181. The Bertz CT molecular complexity index is 1220. The highest BCUT2D eigenvalue weighted by molar-refractivity contribution is 6.08. The summed E-state index contributed by atoms with van der Waals surface area (Å²) in [6.07, 6.45) is 5.33. The van der Waals surface area contributed by atoms with Crippen LogP contribution in [0.5, 0.6) is 0 Å². The molecule has 2 heterocycles. The van der Waals surface area contributed by atoms with Crippen molar-refractivity contribution in [2.45, 2.75) is 25.4 Å². The number of hydrogen-bond donors (Lipinski definition) is 4. The summed E-state index contributed by atoms with van der Waals surface area (Å²) >= 11 is 0. The van der Waals surface area contributed by atoms with Crippen molar-refractivity contribution in [2.24, 2.45) is 0 Å². The van der Waals surface area contributed by atoms with Crippen molar-refractivity contribution in [3.05, 3.63) is 78.4 Å². The zero-order valence-corrected chi connectivity index (χ0v) is 17.8. The smallest absolute Gasteiger partial charge is 0.322 e. The van der Waals surface area contributed by atoms with E-state index in [1.807, 2.05) is 0 Å². The van der Waals surface area contributed by atoms with E-state index in [0.717, 1.165) is 0 Å². The maximum Gasteiger partial charge on any atom is 0.322 e. The maximum absolute atomic E-state index is 12.8. The lowest BCUT2D eigenvalue weighted by Crippen LogP contribution is -2.40. The summed E-state index contributed by atoms with van der Waals surface area (Å²) in [4.78, 5) is 52.7. The minimum atomic E-state index is -1.22. The molecule has 2 aromatic carbocycles. The first-order chi connectivity index (χ1) is 15.8. The molecule has 33 heavy (non-hydrogen) atoms. The SMILES string of the molecule is CC1(c2cccc(NC(=O)c3cccc(NC(=O)CCn4ccnc4)c3)c2)NC(=O)NC1=O. The summed E-state index contributed by atoms with van der Waals surface area (Å²) < 4.78 is 1.80. The molecule has 0 aliphatic carbocycles. The Hall–Kier alpha value is -4.47. The number of amides is 5. The summed E-state index contributed by atoms with van der Waals surface area (Å²) in [5, 5.41) is 10.4. The number of nitrogens with one attached hydrogen (secondary N) is 4. The third-order valence-corrected chi connectivity index (χ3v) is 5.31. The molecule has 1 fully saturated rings. The van der Waals surface area contributed by atoms with Crippen LogP contribution in [-0.2, 0) is 21.7 Å². The number of imidazole rings is 1. The molecule has 0 spiro atoms. The Morgan fingerprint density at radius 2 is 1.82 bits per heavy atom. The summed E-state index contributed by atoms with van der Waals surface area (Å²) in [5.74, 6) is -1.03. The van der Waals surface area contributed by atoms with Crippen molar-refractivity contribution in [3.8, 4) is 0 Å². The molecule has 4 N–H and O–H groups in total. The quantitative estimate of drug-likeness (QED) is 0.413. The van der Waals surface area contributed by atoms with Gasteiger partial charge in [-0.2, -0.15) is 0 Å². The predicted octanol–water partition coefficient (Wildman–Crippen LogP) is 2.22. The summed E-state index contributed by atoms with van der Waals surface area (Å²) in [6, 6.07) is 12.7. The number of imide groups is 1. The number of anilines is 2. The number of aryl methyl sites for hydroxylation is 1. The molecule has 1 saturated heterocycles. The second-order valence-electron chi connectivity index (χ2n) is 7.75. The van der Waals surface area contributed by atoms with Gasteiger partial charge in [-0.1, -0.05) is 18.2 Å². The molecule has 1 aliphatic heterocycles. The fourth-order valence-electron chi connectivity index (χ4n) is 3.47. The van der Waals surface area contributed by atoms with Gasteiger partial charge < -0.3 is 20.5 Å². The molecule has 1 aliphatic rings. The molecule has 5 amide bonds. The van der Waals surface area contributed by atoms with Crippen LogP contribution in [0, 0.1) is 0 Å². The van der Waals surface area contributed by atoms with Crippen LogP contribution in [0.4, 0.5) is 16.2 Å². The molecule has 10 heteroatoms. The van der Waals surface area contributed by atoms with Crippen LogP contribution in [-0.4, -0.2) is 33.3 Å². The summed E-state index contributed by atoms with van der Waals surface area (Å²) in [7, 11) is 0. The largest absolute Gasteiger partial charge is 0.337 e. The van der Waals surface area contributed by atoms with E-state index in [1.165, 1.54) is 0 Å². The van der Waals surface area contributed by atoms with Gasteiger partial charge >= 0.3 is 6.03 Å². The van der Waals surface area contributed by atoms with Gasteiger partial charge in [-0.3, -0.25) is 19.7 Å². The number of benzene rings is 2. The lowest BCUT2D eigenvalue weighted by Gasteiger charge is -2.21. The monoisotopic (exact) mass is 446 g/mol. The van der Waals surface area contributed by atoms with Gasteiger partial charge in [0.25, 0.3) is 11.8 Å². The third kappa shape index (κ3) is 4.90. The number of aromatic nitrogens is 2. The van der Waals surface area contributed by atoms with Gasteiger partial charge in [0.1, 0.15) is 5.54 Å². The first kappa shape index (κ1) is 21.8. The lowest BCUT2D eigenvalue weighted by atomic mass is 9.92. The third-order valence-electron chi connectivity index (χ3n) is 5.31. The van der Waals surface area contributed by atoms with E-state index in [-0.39, 0.29) is 18.2 Å². The average Bonchev–Trinajstić information content (AvgIpc) is 3.40. The zero-order valence-electron chi connectivity index (χ0n) is 17.8. The van der Waals surface area contributed by atoms with Crippen LogP contribution in [0.1, 0.15) is 29.3 Å². The summed E-state index contributed by atoms with van der Waals surface area (Å²) in [6.45, 7) is 2.09. The minimum Gasteiger partial charge on any atom is -0.337 e. The van der Waals surface area contributed by atoms with Crippen LogP contribution >= 0.6 is 0 Å². The fourth-order valence-corrected chi connectivity index (χ4v) is 3.47. The number of carbonyl (C=O) groups is 4. The lowest BCUT2D eigenvalue weighted by molar-refractivity contribution is -0.123. The molecule has 1 atom stereocenters. The van der Waals surface area contributed by atoms with Gasteiger partial charge in [-0.05, 0) is 42.8 Å². The zero-order chi connectivity index (χ0) is 23.4. The van der Waals surface area contributed by atoms with E-state index < -0.39 is 17.5 Å². The van der Waals surface area contributed by atoms with Gasteiger partial charge in [-0.25, -0.2) is 9.78 Å². The average molecular weight is 446 g/mol. The van der Waals surface area contributed by atoms with E-state index in [0.29, 0.717) is 29.0 Å². The van der Waals surface area contributed by atoms with Crippen LogP contribution in [0.3, 0.4) is 0 Å². The van der Waals surface area contributed by atoms with E-state index in [9.17, 15) is 19.2 Å². The van der Waals surface area contributed by atoms with E-state index in [2.05, 4.69) is 26.3 Å². The number of hydrogen-bond acceptors (Lipinski definition) is 5. The van der Waals surface area contributed by atoms with Crippen molar-refractivity contribution in [1.82, 2.24) is 20.2 Å². The Balaban J connectivity index is 1.41. The molecule has 0 radical (unpaired) electrons. The number of carbonyl (C=O) groups excluding carboxylic acids is 4. The van der Waals surface area contributed by atoms with Crippen molar-refractivity contribution in [3.63, 3.8) is 0 Å². The molecular formula is C23H22N6O4. The van der Waals surface area contributed by atoms with Gasteiger partial charge in [0.05, 0.1) is 6.33 Å². The highest BCUT2D eigenvalue weighted by Crippen LogP contribution is 2.26. The van der Waals surface area contributed by atoms with Crippen LogP contribution in [0.25, 0.3) is 0 Å². The molecule has 1 unspecified atom stereocenters. The molecule has 10 nitrogen and oxygen atoms in total. The second kappa shape index (κ2) is 8.95. The van der Waals surface area contributed by atoms with E-state index >= 15 is 0 Å². The summed E-state index contributed by atoms with van der Waals surface area (Å²) in [5.41, 5.74) is 0.625. The van der Waals surface area contributed by atoms with Crippen molar-refractivity contribution < 1.29 is 19.2 Å². The molecule has 3 aromatic rings. The number of nitrogens with zero attached hydrogens (tertiary/aromatic N) is 2. The van der Waals surface area contributed by atoms with Crippen molar-refractivity contribution in [1.29, 1.82) is 0 Å². The molecule has 4 rings (SSSR count). The first-order valence-electron chi connectivity index (χ1n) is 10.2. The van der Waals surface area contributed by atoms with E-state index in [4.69, 9.17) is 0 Å². The predicted molar refractivity (Wildman–Crippen MR) is 120 cm³/mol. The van der Waals surface area contributed by atoms with Crippen LogP contribution < -0.4 is 21.3 Å². The number of urea groups is 1. The van der Waals surface area contributed by atoms with Gasteiger partial charge in [0.15, 0.2) is 0 Å². The first-order valence-corrected chi connectivity index (χ1v) is 10.2. The van der Waals surface area contributed by atoms with Crippen LogP contribution in [0.15, 0.2) is 67.3 Å². The molecule has 1 aromatic heterocycles. The van der Waals surface area contributed by atoms with E-state index in [1.54, 1.807) is 78.7 Å². The topological polar surface area (TPSA) is 134 Å². The standard InChI is InChI=1S/C23H22N6O4/c1-23(21(32)27-22(33)28-23)16-5-3-7-18(13-16)26-20(31)15-4-2-6-17(12-15)25-19(30)8-10-29-11-9-24-14-29/h2-7,9,11-14H,8,10H2,1H3,(H,25,30)(H,26,31)(H2,27,28,32,33). The van der Waals surface area contributed by atoms with Gasteiger partial charge in [-0.15, -0.1) is 0 Å². The Kier molecular flexibility index (Phi) is 5.90. The van der Waals surface area contributed by atoms with Crippen LogP contribution in [0.2, 0.25) is 0 Å².